The third-order valence-electron chi connectivity index (χ3n) is 6.10. The van der Waals surface area contributed by atoms with Gasteiger partial charge >= 0.3 is 11.9 Å². The highest BCUT2D eigenvalue weighted by Crippen LogP contribution is 2.39. The zero-order valence-electron chi connectivity index (χ0n) is 18.1. The van der Waals surface area contributed by atoms with Crippen LogP contribution in [-0.4, -0.2) is 82.6 Å². The first-order valence-corrected chi connectivity index (χ1v) is 10.8. The number of aliphatic hydroxyl groups is 3. The number of benzene rings is 1. The van der Waals surface area contributed by atoms with Crippen molar-refractivity contribution in [2.45, 2.75) is 43.4 Å². The van der Waals surface area contributed by atoms with E-state index in [0.717, 1.165) is 0 Å². The molecule has 0 aliphatic carbocycles. The summed E-state index contributed by atoms with van der Waals surface area (Å²) in [4.78, 5) is 24.7. The second-order valence-electron chi connectivity index (χ2n) is 8.18. The number of carbonyl (C=O) groups excluding carboxylic acids is 2. The molecule has 11 heteroatoms. The number of hydrogen-bond donors (Lipinski definition) is 4. The lowest BCUT2D eigenvalue weighted by molar-refractivity contribution is -0.338. The quantitative estimate of drug-likeness (QED) is 0.321. The van der Waals surface area contributed by atoms with Crippen molar-refractivity contribution in [1.82, 2.24) is 0 Å². The molecule has 3 aliphatic heterocycles. The third kappa shape index (κ3) is 4.65. The van der Waals surface area contributed by atoms with Crippen LogP contribution in [0.25, 0.3) is 0 Å². The maximum atomic E-state index is 12.7. The number of esters is 2. The topological polar surface area (TPSA) is 161 Å². The number of ether oxygens (including phenoxy) is 5. The number of phenolic OH excluding ortho intramolecular Hbond substituents is 1. The maximum Gasteiger partial charge on any atom is 0.338 e. The number of phenols is 1. The van der Waals surface area contributed by atoms with Gasteiger partial charge in [-0.15, -0.1) is 6.58 Å². The smallest absolute Gasteiger partial charge is 0.338 e. The van der Waals surface area contributed by atoms with E-state index >= 15 is 0 Å². The maximum absolute atomic E-state index is 12.7. The Bertz CT molecular complexity index is 960. The minimum Gasteiger partial charge on any atom is -0.508 e. The van der Waals surface area contributed by atoms with Crippen molar-refractivity contribution >= 4 is 11.9 Å². The van der Waals surface area contributed by atoms with Crippen LogP contribution < -0.4 is 0 Å². The average molecular weight is 478 g/mol. The Labute approximate surface area is 194 Å². The molecule has 3 heterocycles. The van der Waals surface area contributed by atoms with Crippen molar-refractivity contribution in [3.8, 4) is 5.75 Å². The molecule has 184 valence electrons. The van der Waals surface area contributed by atoms with Gasteiger partial charge in [0.15, 0.2) is 6.10 Å². The van der Waals surface area contributed by atoms with Gasteiger partial charge in [-0.05, 0) is 24.6 Å². The molecule has 0 amide bonds. The standard InChI is InChI=1S/C23H26O11/c1-2-13-14-6-7-30-21(29)15(14)10-31-22(13)34-23-19(18(27)17(26)16(9-24)32-23)33-20(28)11-4-3-5-12(25)8-11/h2-5,8,10,13-14,16-19,22-27H,1,6-7,9H2/t13?,14?,16-,17-,18+,19-,22?,23+/m1/s1. The molecule has 2 fully saturated rings. The summed E-state index contributed by atoms with van der Waals surface area (Å²) in [5.41, 5.74) is 0.340. The van der Waals surface area contributed by atoms with Crippen LogP contribution in [0.5, 0.6) is 5.75 Å². The van der Waals surface area contributed by atoms with E-state index in [0.29, 0.717) is 12.0 Å². The molecule has 2 saturated heterocycles. The number of hydrogen-bond acceptors (Lipinski definition) is 11. The number of rotatable bonds is 6. The van der Waals surface area contributed by atoms with Crippen LogP contribution in [0, 0.1) is 11.8 Å². The van der Waals surface area contributed by atoms with Crippen molar-refractivity contribution in [3.63, 3.8) is 0 Å². The zero-order valence-corrected chi connectivity index (χ0v) is 18.1. The average Bonchev–Trinajstić information content (AvgIpc) is 2.83. The molecule has 11 nitrogen and oxygen atoms in total. The SMILES string of the molecule is C=CC1C(O[C@@H]2O[C@H](CO)[C@@H](O)[C@H](O)[C@H]2OC(=O)c2cccc(O)c2)OC=C2C(=O)OCCC21. The van der Waals surface area contributed by atoms with E-state index in [-0.39, 0.29) is 23.8 Å². The van der Waals surface area contributed by atoms with Crippen molar-refractivity contribution in [3.05, 3.63) is 54.3 Å². The lowest BCUT2D eigenvalue weighted by Gasteiger charge is -2.44. The highest BCUT2D eigenvalue weighted by molar-refractivity contribution is 5.90. The summed E-state index contributed by atoms with van der Waals surface area (Å²) in [6.45, 7) is 3.38. The molecule has 4 N–H and O–H groups in total. The molecule has 0 spiro atoms. The Morgan fingerprint density at radius 1 is 1.24 bits per heavy atom. The van der Waals surface area contributed by atoms with E-state index in [1.807, 2.05) is 0 Å². The molecule has 1 aromatic rings. The minimum atomic E-state index is -1.67. The lowest BCUT2D eigenvalue weighted by atomic mass is 9.81. The molecule has 4 rings (SSSR count). The number of carbonyl (C=O) groups is 2. The van der Waals surface area contributed by atoms with Gasteiger partial charge in [-0.25, -0.2) is 9.59 Å². The van der Waals surface area contributed by atoms with Crippen molar-refractivity contribution in [2.24, 2.45) is 11.8 Å². The molecule has 0 bridgehead atoms. The van der Waals surface area contributed by atoms with Crippen LogP contribution in [0.15, 0.2) is 48.8 Å². The Hall–Kier alpha value is -2.96. The predicted octanol–water partition coefficient (Wildman–Crippen LogP) is -0.0213. The van der Waals surface area contributed by atoms with Gasteiger partial charge in [0.2, 0.25) is 12.6 Å². The van der Waals surface area contributed by atoms with Gasteiger partial charge in [-0.1, -0.05) is 12.1 Å². The largest absolute Gasteiger partial charge is 0.508 e. The first kappa shape index (κ1) is 24.2. The normalized spacial score (nSPS) is 35.3. The van der Waals surface area contributed by atoms with Crippen LogP contribution in [0.3, 0.4) is 0 Å². The van der Waals surface area contributed by atoms with Gasteiger partial charge in [0.25, 0.3) is 0 Å². The summed E-state index contributed by atoms with van der Waals surface area (Å²) < 4.78 is 27.6. The molecule has 0 radical (unpaired) electrons. The predicted molar refractivity (Wildman–Crippen MR) is 112 cm³/mol. The number of aliphatic hydroxyl groups excluding tert-OH is 3. The van der Waals surface area contributed by atoms with E-state index < -0.39 is 61.5 Å². The van der Waals surface area contributed by atoms with Gasteiger partial charge in [0.1, 0.15) is 24.1 Å². The van der Waals surface area contributed by atoms with Gasteiger partial charge in [-0.2, -0.15) is 0 Å². The van der Waals surface area contributed by atoms with Crippen molar-refractivity contribution < 1.29 is 53.7 Å². The van der Waals surface area contributed by atoms with E-state index in [1.165, 1.54) is 30.5 Å². The minimum absolute atomic E-state index is 0.00380. The third-order valence-corrected chi connectivity index (χ3v) is 6.10. The van der Waals surface area contributed by atoms with Crippen LogP contribution in [0.2, 0.25) is 0 Å². The molecule has 0 aromatic heterocycles. The summed E-state index contributed by atoms with van der Waals surface area (Å²) in [5, 5.41) is 40.2. The summed E-state index contributed by atoms with van der Waals surface area (Å²) in [7, 11) is 0. The Balaban J connectivity index is 1.57. The Kier molecular flexibility index (Phi) is 7.19. The first-order chi connectivity index (χ1) is 16.3. The monoisotopic (exact) mass is 478 g/mol. The highest BCUT2D eigenvalue weighted by Gasteiger charge is 2.50. The second kappa shape index (κ2) is 10.1. The van der Waals surface area contributed by atoms with Gasteiger partial charge in [0.05, 0.1) is 30.6 Å². The van der Waals surface area contributed by atoms with Crippen LogP contribution >= 0.6 is 0 Å². The molecule has 3 aliphatic rings. The molecule has 8 atom stereocenters. The fourth-order valence-electron chi connectivity index (χ4n) is 4.27. The van der Waals surface area contributed by atoms with E-state index in [4.69, 9.17) is 23.7 Å². The summed E-state index contributed by atoms with van der Waals surface area (Å²) in [6.07, 6.45) is -5.15. The summed E-state index contributed by atoms with van der Waals surface area (Å²) >= 11 is 0. The van der Waals surface area contributed by atoms with Gasteiger partial charge < -0.3 is 44.1 Å². The lowest BCUT2D eigenvalue weighted by Crippen LogP contribution is -2.61. The Morgan fingerprint density at radius 3 is 2.74 bits per heavy atom. The fourth-order valence-corrected chi connectivity index (χ4v) is 4.27. The zero-order chi connectivity index (χ0) is 24.4. The second-order valence-corrected chi connectivity index (χ2v) is 8.18. The Morgan fingerprint density at radius 2 is 2.03 bits per heavy atom. The summed E-state index contributed by atoms with van der Waals surface area (Å²) in [6, 6.07) is 5.38. The van der Waals surface area contributed by atoms with E-state index in [9.17, 15) is 30.0 Å². The van der Waals surface area contributed by atoms with Crippen LogP contribution in [-0.2, 0) is 28.5 Å². The van der Waals surface area contributed by atoms with Crippen molar-refractivity contribution in [1.29, 1.82) is 0 Å². The van der Waals surface area contributed by atoms with Crippen LogP contribution in [0.4, 0.5) is 0 Å². The van der Waals surface area contributed by atoms with E-state index in [1.54, 1.807) is 6.08 Å². The molecule has 3 unspecified atom stereocenters. The van der Waals surface area contributed by atoms with Gasteiger partial charge in [0, 0.05) is 11.8 Å². The fraction of sp³-hybridized carbons (Fsp3) is 0.478. The molecular formula is C23H26O11. The summed E-state index contributed by atoms with van der Waals surface area (Å²) in [5.74, 6) is -2.36. The first-order valence-electron chi connectivity index (χ1n) is 10.8. The van der Waals surface area contributed by atoms with Crippen molar-refractivity contribution in [2.75, 3.05) is 13.2 Å². The number of cyclic esters (lactones) is 1. The molecule has 1 aromatic carbocycles. The van der Waals surface area contributed by atoms with Gasteiger partial charge in [-0.3, -0.25) is 0 Å². The number of aromatic hydroxyl groups is 1. The number of fused-ring (bicyclic) bond motifs is 1. The molecular weight excluding hydrogens is 452 g/mol. The highest BCUT2D eigenvalue weighted by atomic mass is 16.8. The van der Waals surface area contributed by atoms with E-state index in [2.05, 4.69) is 6.58 Å². The molecule has 0 saturated carbocycles. The molecule has 34 heavy (non-hydrogen) atoms. The van der Waals surface area contributed by atoms with Crippen LogP contribution in [0.1, 0.15) is 16.8 Å².